The maximum absolute atomic E-state index is 6.46. The van der Waals surface area contributed by atoms with Gasteiger partial charge in [0.1, 0.15) is 0 Å². The first-order chi connectivity index (χ1) is 9.71. The van der Waals surface area contributed by atoms with Crippen LogP contribution in [-0.4, -0.2) is 27.0 Å². The van der Waals surface area contributed by atoms with Crippen molar-refractivity contribution in [2.75, 3.05) is 7.05 Å². The van der Waals surface area contributed by atoms with E-state index >= 15 is 0 Å². The lowest BCUT2D eigenvalue weighted by molar-refractivity contribution is 0.538. The van der Waals surface area contributed by atoms with Crippen LogP contribution in [0.1, 0.15) is 36.8 Å². The van der Waals surface area contributed by atoms with Gasteiger partial charge in [0.15, 0.2) is 0 Å². The first kappa shape index (κ1) is 14.9. The Hall–Kier alpha value is -1.46. The van der Waals surface area contributed by atoms with Gasteiger partial charge >= 0.3 is 0 Å². The summed E-state index contributed by atoms with van der Waals surface area (Å²) in [5, 5.41) is 16.4. The summed E-state index contributed by atoms with van der Waals surface area (Å²) in [5.74, 6) is 0. The van der Waals surface area contributed by atoms with Crippen molar-refractivity contribution in [2.24, 2.45) is 0 Å². The van der Waals surface area contributed by atoms with E-state index in [-0.39, 0.29) is 6.04 Å². The molecule has 0 aliphatic carbocycles. The van der Waals surface area contributed by atoms with E-state index in [0.29, 0.717) is 0 Å². The fourth-order valence-corrected chi connectivity index (χ4v) is 2.65. The topological polar surface area (TPSA) is 55.6 Å². The van der Waals surface area contributed by atoms with Crippen molar-refractivity contribution < 1.29 is 0 Å². The van der Waals surface area contributed by atoms with E-state index in [1.54, 1.807) is 12.4 Å². The molecule has 0 saturated carbocycles. The molecule has 0 aromatic carbocycles. The smallest absolute Gasteiger partial charge is 0.0850 e. The Morgan fingerprint density at radius 1 is 1.35 bits per heavy atom. The maximum Gasteiger partial charge on any atom is 0.0850 e. The second kappa shape index (κ2) is 6.81. The number of likely N-dealkylation sites (N-methyl/N-ethyl adjacent to an activating group) is 1. The van der Waals surface area contributed by atoms with Gasteiger partial charge in [-0.2, -0.15) is 15.3 Å². The minimum absolute atomic E-state index is 0.148. The average molecular weight is 294 g/mol. The van der Waals surface area contributed by atoms with Crippen molar-refractivity contribution in [3.63, 3.8) is 0 Å². The summed E-state index contributed by atoms with van der Waals surface area (Å²) in [6, 6.07) is 2.12. The molecule has 0 spiro atoms. The summed E-state index contributed by atoms with van der Waals surface area (Å²) in [6.45, 7) is 4.97. The van der Waals surface area contributed by atoms with Gasteiger partial charge in [0, 0.05) is 25.2 Å². The van der Waals surface area contributed by atoms with E-state index in [1.165, 1.54) is 0 Å². The molecule has 1 N–H and O–H groups in total. The Balaban J connectivity index is 2.30. The lowest BCUT2D eigenvalue weighted by Crippen LogP contribution is -2.21. The van der Waals surface area contributed by atoms with Crippen LogP contribution < -0.4 is 5.32 Å². The van der Waals surface area contributed by atoms with Gasteiger partial charge in [-0.3, -0.25) is 4.68 Å². The molecule has 0 bridgehead atoms. The zero-order valence-electron chi connectivity index (χ0n) is 12.1. The predicted molar refractivity (Wildman–Crippen MR) is 79.8 cm³/mol. The maximum atomic E-state index is 6.46. The van der Waals surface area contributed by atoms with Crippen LogP contribution in [0, 0.1) is 0 Å². The number of halogens is 1. The van der Waals surface area contributed by atoms with Crippen LogP contribution in [0.25, 0.3) is 0 Å². The third-order valence-electron chi connectivity index (χ3n) is 3.45. The van der Waals surface area contributed by atoms with Crippen molar-refractivity contribution in [3.8, 4) is 0 Å². The minimum atomic E-state index is 0.148. The van der Waals surface area contributed by atoms with Crippen LogP contribution >= 0.6 is 11.6 Å². The molecule has 2 aromatic heterocycles. The molecule has 0 radical (unpaired) electrons. The van der Waals surface area contributed by atoms with Crippen molar-refractivity contribution in [3.05, 3.63) is 40.4 Å². The van der Waals surface area contributed by atoms with E-state index in [0.717, 1.165) is 41.4 Å². The molecule has 1 atom stereocenters. The summed E-state index contributed by atoms with van der Waals surface area (Å²) in [4.78, 5) is 0. The lowest BCUT2D eigenvalue weighted by atomic mass is 10.0. The van der Waals surface area contributed by atoms with Crippen LogP contribution in [-0.2, 0) is 19.4 Å². The summed E-state index contributed by atoms with van der Waals surface area (Å²) in [6.07, 6.45) is 5.11. The third kappa shape index (κ3) is 2.99. The molecule has 2 aromatic rings. The van der Waals surface area contributed by atoms with Crippen LogP contribution in [0.4, 0.5) is 0 Å². The van der Waals surface area contributed by atoms with Crippen LogP contribution in [0.2, 0.25) is 5.02 Å². The van der Waals surface area contributed by atoms with Crippen LogP contribution in [0.5, 0.6) is 0 Å². The molecule has 2 heterocycles. The Kier molecular flexibility index (Phi) is 5.09. The number of nitrogens with zero attached hydrogens (tertiary/aromatic N) is 4. The number of rotatable bonds is 6. The van der Waals surface area contributed by atoms with Gasteiger partial charge in [-0.25, -0.2) is 0 Å². The molecule has 1 unspecified atom stereocenters. The van der Waals surface area contributed by atoms with Gasteiger partial charge in [-0.15, -0.1) is 0 Å². The molecular weight excluding hydrogens is 274 g/mol. The molecule has 2 rings (SSSR count). The number of hydrogen-bond acceptors (Lipinski definition) is 4. The molecule has 0 saturated heterocycles. The molecule has 5 nitrogen and oxygen atoms in total. The largest absolute Gasteiger partial charge is 0.313 e. The van der Waals surface area contributed by atoms with Crippen molar-refractivity contribution in [2.45, 2.75) is 39.3 Å². The summed E-state index contributed by atoms with van der Waals surface area (Å²) in [5.41, 5.74) is 3.13. The molecule has 20 heavy (non-hydrogen) atoms. The van der Waals surface area contributed by atoms with Crippen LogP contribution in [0.15, 0.2) is 18.5 Å². The monoisotopic (exact) mass is 293 g/mol. The highest BCUT2D eigenvalue weighted by Crippen LogP contribution is 2.26. The Bertz CT molecular complexity index is 552. The van der Waals surface area contributed by atoms with Crippen molar-refractivity contribution >= 4 is 11.6 Å². The van der Waals surface area contributed by atoms with Gasteiger partial charge in [0.2, 0.25) is 0 Å². The van der Waals surface area contributed by atoms with Gasteiger partial charge in [-0.05, 0) is 32.0 Å². The number of aryl methyl sites for hydroxylation is 2. The Morgan fingerprint density at radius 3 is 2.70 bits per heavy atom. The molecule has 0 fully saturated rings. The fraction of sp³-hybridized carbons (Fsp3) is 0.500. The Morgan fingerprint density at radius 2 is 2.15 bits per heavy atom. The number of nitrogens with one attached hydrogen (secondary N) is 1. The highest BCUT2D eigenvalue weighted by Gasteiger charge is 2.19. The normalized spacial score (nSPS) is 12.6. The zero-order valence-corrected chi connectivity index (χ0v) is 12.9. The highest BCUT2D eigenvalue weighted by molar-refractivity contribution is 6.31. The van der Waals surface area contributed by atoms with E-state index in [2.05, 4.69) is 34.5 Å². The van der Waals surface area contributed by atoms with E-state index in [9.17, 15) is 0 Å². The van der Waals surface area contributed by atoms with E-state index < -0.39 is 0 Å². The number of hydrogen-bond donors (Lipinski definition) is 1. The zero-order chi connectivity index (χ0) is 14.5. The molecular formula is C14H20ClN5. The SMILES string of the molecule is CCc1nn(CC)c(CC(NC)c2ccnnc2)c1Cl. The first-order valence-corrected chi connectivity index (χ1v) is 7.26. The fourth-order valence-electron chi connectivity index (χ4n) is 2.30. The predicted octanol–water partition coefficient (Wildman–Crippen LogP) is 2.41. The number of aromatic nitrogens is 4. The second-order valence-corrected chi connectivity index (χ2v) is 4.98. The van der Waals surface area contributed by atoms with Gasteiger partial charge in [0.25, 0.3) is 0 Å². The molecule has 0 amide bonds. The van der Waals surface area contributed by atoms with E-state index in [1.807, 2.05) is 17.8 Å². The summed E-state index contributed by atoms with van der Waals surface area (Å²) >= 11 is 6.46. The van der Waals surface area contributed by atoms with Crippen LogP contribution in [0.3, 0.4) is 0 Å². The molecule has 108 valence electrons. The average Bonchev–Trinajstić information content (AvgIpc) is 2.81. The molecule has 6 heteroatoms. The summed E-state index contributed by atoms with van der Waals surface area (Å²) < 4.78 is 1.99. The Labute approximate surface area is 124 Å². The van der Waals surface area contributed by atoms with Gasteiger partial charge < -0.3 is 5.32 Å². The highest BCUT2D eigenvalue weighted by atomic mass is 35.5. The summed E-state index contributed by atoms with van der Waals surface area (Å²) in [7, 11) is 1.94. The quantitative estimate of drug-likeness (QED) is 0.889. The van der Waals surface area contributed by atoms with Crippen molar-refractivity contribution in [1.29, 1.82) is 0 Å². The van der Waals surface area contributed by atoms with Gasteiger partial charge in [0.05, 0.1) is 22.6 Å². The third-order valence-corrected chi connectivity index (χ3v) is 3.89. The van der Waals surface area contributed by atoms with Crippen molar-refractivity contribution in [1.82, 2.24) is 25.3 Å². The van der Waals surface area contributed by atoms with Gasteiger partial charge in [-0.1, -0.05) is 18.5 Å². The molecule has 0 aliphatic heterocycles. The molecule has 0 aliphatic rings. The first-order valence-electron chi connectivity index (χ1n) is 6.89. The lowest BCUT2D eigenvalue weighted by Gasteiger charge is -2.17. The minimum Gasteiger partial charge on any atom is -0.313 e. The second-order valence-electron chi connectivity index (χ2n) is 4.60. The van der Waals surface area contributed by atoms with E-state index in [4.69, 9.17) is 11.6 Å². The standard InChI is InChI=1S/C14H20ClN5/c1-4-11-14(15)13(20(5-2)19-11)8-12(16-3)10-6-7-17-18-9-10/h6-7,9,12,16H,4-5,8H2,1-3H3.